The largest absolute Gasteiger partial charge is 0.396 e. The van der Waals surface area contributed by atoms with Crippen LogP contribution in [0.5, 0.6) is 0 Å². The molecule has 88 valence electrons. The predicted molar refractivity (Wildman–Crippen MR) is 59.8 cm³/mol. The van der Waals surface area contributed by atoms with Crippen LogP contribution in [-0.2, 0) is 4.74 Å². The van der Waals surface area contributed by atoms with Crippen LogP contribution in [0, 0.1) is 5.41 Å². The summed E-state index contributed by atoms with van der Waals surface area (Å²) in [6, 6.07) is 0.653. The summed E-state index contributed by atoms with van der Waals surface area (Å²) in [5, 5.41) is 12.8. The lowest BCUT2D eigenvalue weighted by molar-refractivity contribution is 0.0613. The van der Waals surface area contributed by atoms with Crippen molar-refractivity contribution >= 4 is 0 Å². The first-order valence-electron chi connectivity index (χ1n) is 6.15. The van der Waals surface area contributed by atoms with E-state index in [2.05, 4.69) is 5.32 Å². The molecule has 0 aromatic heterocycles. The zero-order valence-corrected chi connectivity index (χ0v) is 9.67. The van der Waals surface area contributed by atoms with Crippen LogP contribution in [0.25, 0.3) is 0 Å². The molecule has 2 fully saturated rings. The molecule has 3 nitrogen and oxygen atoms in total. The molecule has 15 heavy (non-hydrogen) atoms. The summed E-state index contributed by atoms with van der Waals surface area (Å²) >= 11 is 0. The molecule has 0 saturated heterocycles. The molecule has 2 saturated carbocycles. The Morgan fingerprint density at radius 1 is 1.27 bits per heavy atom. The van der Waals surface area contributed by atoms with E-state index in [1.165, 1.54) is 38.5 Å². The van der Waals surface area contributed by atoms with Crippen molar-refractivity contribution in [3.63, 3.8) is 0 Å². The zero-order chi connectivity index (χ0) is 10.7. The third kappa shape index (κ3) is 2.92. The summed E-state index contributed by atoms with van der Waals surface area (Å²) in [5.41, 5.74) is 0.248. The molecule has 0 atom stereocenters. The maximum atomic E-state index is 9.21. The SMILES string of the molecule is COC1CCC(NCC2(CO)CC2)CC1. The second-order valence-electron chi connectivity index (χ2n) is 5.25. The van der Waals surface area contributed by atoms with E-state index < -0.39 is 0 Å². The van der Waals surface area contributed by atoms with Crippen LogP contribution in [-0.4, -0.2) is 37.5 Å². The molecule has 2 aliphatic rings. The Morgan fingerprint density at radius 2 is 1.93 bits per heavy atom. The first-order valence-corrected chi connectivity index (χ1v) is 6.15. The van der Waals surface area contributed by atoms with Crippen molar-refractivity contribution in [2.75, 3.05) is 20.3 Å². The predicted octanol–water partition coefficient (Wildman–Crippen LogP) is 1.31. The molecular formula is C12H23NO2. The fourth-order valence-electron chi connectivity index (χ4n) is 2.43. The molecule has 0 aliphatic heterocycles. The molecule has 2 N–H and O–H groups in total. The second kappa shape index (κ2) is 4.81. The molecule has 0 spiro atoms. The minimum atomic E-state index is 0.248. The highest BCUT2D eigenvalue weighted by Crippen LogP contribution is 2.44. The van der Waals surface area contributed by atoms with Gasteiger partial charge in [-0.3, -0.25) is 0 Å². The van der Waals surface area contributed by atoms with Crippen LogP contribution in [0.1, 0.15) is 38.5 Å². The van der Waals surface area contributed by atoms with Crippen LogP contribution in [0.4, 0.5) is 0 Å². The molecule has 0 aromatic rings. The Labute approximate surface area is 92.2 Å². The smallest absolute Gasteiger partial charge is 0.0572 e. The van der Waals surface area contributed by atoms with Crippen molar-refractivity contribution in [3.05, 3.63) is 0 Å². The van der Waals surface area contributed by atoms with Crippen molar-refractivity contribution in [2.24, 2.45) is 5.41 Å². The fourth-order valence-corrected chi connectivity index (χ4v) is 2.43. The van der Waals surface area contributed by atoms with Gasteiger partial charge in [0, 0.05) is 31.7 Å². The summed E-state index contributed by atoms with van der Waals surface area (Å²) in [6.07, 6.45) is 7.69. The first-order chi connectivity index (χ1) is 7.28. The number of hydrogen-bond acceptors (Lipinski definition) is 3. The second-order valence-corrected chi connectivity index (χ2v) is 5.25. The van der Waals surface area contributed by atoms with Crippen LogP contribution >= 0.6 is 0 Å². The normalized spacial score (nSPS) is 34.0. The first kappa shape index (κ1) is 11.4. The highest BCUT2D eigenvalue weighted by atomic mass is 16.5. The van der Waals surface area contributed by atoms with Crippen molar-refractivity contribution < 1.29 is 9.84 Å². The Bertz CT molecular complexity index is 196. The summed E-state index contributed by atoms with van der Waals surface area (Å²) in [4.78, 5) is 0. The van der Waals surface area contributed by atoms with Gasteiger partial charge in [-0.15, -0.1) is 0 Å². The van der Waals surface area contributed by atoms with Crippen LogP contribution in [0.3, 0.4) is 0 Å². The van der Waals surface area contributed by atoms with Gasteiger partial charge in [0.1, 0.15) is 0 Å². The zero-order valence-electron chi connectivity index (χ0n) is 9.67. The van der Waals surface area contributed by atoms with Crippen molar-refractivity contribution in [2.45, 2.75) is 50.7 Å². The monoisotopic (exact) mass is 213 g/mol. The minimum absolute atomic E-state index is 0.248. The van der Waals surface area contributed by atoms with Gasteiger partial charge in [-0.05, 0) is 38.5 Å². The molecule has 3 heteroatoms. The van der Waals surface area contributed by atoms with E-state index in [0.717, 1.165) is 6.54 Å². The average molecular weight is 213 g/mol. The van der Waals surface area contributed by atoms with Gasteiger partial charge in [0.2, 0.25) is 0 Å². The topological polar surface area (TPSA) is 41.5 Å². The minimum Gasteiger partial charge on any atom is -0.396 e. The van der Waals surface area contributed by atoms with Crippen molar-refractivity contribution in [1.82, 2.24) is 5.32 Å². The van der Waals surface area contributed by atoms with E-state index in [-0.39, 0.29) is 5.41 Å². The Morgan fingerprint density at radius 3 is 2.40 bits per heavy atom. The van der Waals surface area contributed by atoms with Crippen LogP contribution < -0.4 is 5.32 Å². The van der Waals surface area contributed by atoms with Gasteiger partial charge in [-0.2, -0.15) is 0 Å². The van der Waals surface area contributed by atoms with Gasteiger partial charge in [0.25, 0.3) is 0 Å². The Hall–Kier alpha value is -0.120. The van der Waals surface area contributed by atoms with E-state index in [1.54, 1.807) is 0 Å². The maximum absolute atomic E-state index is 9.21. The summed E-state index contributed by atoms with van der Waals surface area (Å²) in [6.45, 7) is 1.36. The van der Waals surface area contributed by atoms with Gasteiger partial charge in [-0.1, -0.05) is 0 Å². The standard InChI is InChI=1S/C12H23NO2/c1-15-11-4-2-10(3-5-11)13-8-12(9-14)6-7-12/h10-11,13-14H,2-9H2,1H3. The highest BCUT2D eigenvalue weighted by molar-refractivity contribution is 4.95. The molecule has 0 aromatic carbocycles. The number of rotatable bonds is 5. The summed E-state index contributed by atoms with van der Waals surface area (Å²) < 4.78 is 5.35. The van der Waals surface area contributed by atoms with Crippen molar-refractivity contribution in [1.29, 1.82) is 0 Å². The maximum Gasteiger partial charge on any atom is 0.0572 e. The van der Waals surface area contributed by atoms with E-state index in [0.29, 0.717) is 18.8 Å². The highest BCUT2D eigenvalue weighted by Gasteiger charge is 2.42. The van der Waals surface area contributed by atoms with Gasteiger partial charge >= 0.3 is 0 Å². The molecule has 0 radical (unpaired) electrons. The van der Waals surface area contributed by atoms with E-state index in [1.807, 2.05) is 7.11 Å². The lowest BCUT2D eigenvalue weighted by atomic mass is 9.92. The lowest BCUT2D eigenvalue weighted by Crippen LogP contribution is -2.39. The van der Waals surface area contributed by atoms with E-state index >= 15 is 0 Å². The molecule has 0 amide bonds. The average Bonchev–Trinajstić information content (AvgIpc) is 3.08. The number of nitrogens with one attached hydrogen (secondary N) is 1. The Balaban J connectivity index is 1.64. The molecule has 0 bridgehead atoms. The molecule has 0 heterocycles. The molecule has 2 rings (SSSR count). The molecule has 0 unspecified atom stereocenters. The Kier molecular flexibility index (Phi) is 3.65. The van der Waals surface area contributed by atoms with E-state index in [9.17, 15) is 5.11 Å². The number of aliphatic hydroxyl groups excluding tert-OH is 1. The van der Waals surface area contributed by atoms with Gasteiger partial charge in [0.05, 0.1) is 6.10 Å². The van der Waals surface area contributed by atoms with E-state index in [4.69, 9.17) is 4.74 Å². The molecular weight excluding hydrogens is 190 g/mol. The third-order valence-corrected chi connectivity index (χ3v) is 4.07. The van der Waals surface area contributed by atoms with Crippen LogP contribution in [0.15, 0.2) is 0 Å². The third-order valence-electron chi connectivity index (χ3n) is 4.07. The summed E-state index contributed by atoms with van der Waals surface area (Å²) in [7, 11) is 1.81. The number of methoxy groups -OCH3 is 1. The number of ether oxygens (including phenoxy) is 1. The molecule has 2 aliphatic carbocycles. The van der Waals surface area contributed by atoms with Gasteiger partial charge in [-0.25, -0.2) is 0 Å². The van der Waals surface area contributed by atoms with Crippen LogP contribution in [0.2, 0.25) is 0 Å². The summed E-state index contributed by atoms with van der Waals surface area (Å²) in [5.74, 6) is 0. The van der Waals surface area contributed by atoms with Gasteiger partial charge in [0.15, 0.2) is 0 Å². The van der Waals surface area contributed by atoms with Crippen molar-refractivity contribution in [3.8, 4) is 0 Å². The quantitative estimate of drug-likeness (QED) is 0.723. The number of aliphatic hydroxyl groups is 1. The lowest BCUT2D eigenvalue weighted by Gasteiger charge is -2.29. The van der Waals surface area contributed by atoms with Gasteiger partial charge < -0.3 is 15.2 Å². The fraction of sp³-hybridized carbons (Fsp3) is 1.00. The number of hydrogen-bond donors (Lipinski definition) is 2.